The average molecular weight is 366 g/mol. The van der Waals surface area contributed by atoms with Gasteiger partial charge in [0.25, 0.3) is 0 Å². The van der Waals surface area contributed by atoms with Gasteiger partial charge >= 0.3 is 18.0 Å². The minimum absolute atomic E-state index is 0.0783. The van der Waals surface area contributed by atoms with Crippen LogP contribution in [0.1, 0.15) is 37.5 Å². The predicted molar refractivity (Wildman–Crippen MR) is 96.1 cm³/mol. The van der Waals surface area contributed by atoms with Crippen molar-refractivity contribution >= 4 is 23.7 Å². The summed E-state index contributed by atoms with van der Waals surface area (Å²) >= 11 is 0. The highest BCUT2D eigenvalue weighted by Crippen LogP contribution is 2.23. The molecule has 0 saturated carbocycles. The van der Waals surface area contributed by atoms with Crippen molar-refractivity contribution in [2.75, 3.05) is 18.4 Å². The van der Waals surface area contributed by atoms with E-state index in [1.165, 1.54) is 0 Å². The molecule has 8 heteroatoms. The summed E-state index contributed by atoms with van der Waals surface area (Å²) < 4.78 is 10.3. The Labute approximate surface area is 152 Å². The summed E-state index contributed by atoms with van der Waals surface area (Å²) in [4.78, 5) is 34.3. The molecular weight excluding hydrogens is 340 g/mol. The molecule has 26 heavy (non-hydrogen) atoms. The normalized spacial score (nSPS) is 11.0. The molecule has 0 unspecified atom stereocenters. The third-order valence-corrected chi connectivity index (χ3v) is 3.14. The van der Waals surface area contributed by atoms with Crippen LogP contribution in [0.4, 0.5) is 10.5 Å². The number of ether oxygens (including phenoxy) is 2. The smallest absolute Gasteiger partial charge is 0.409 e. The number of carbonyl (C=O) groups excluding carboxylic acids is 2. The summed E-state index contributed by atoms with van der Waals surface area (Å²) in [6.45, 7) is 8.55. The number of nitrogens with one attached hydrogen (secondary N) is 2. The number of benzene rings is 1. The number of rotatable bonds is 7. The first-order valence-corrected chi connectivity index (χ1v) is 8.16. The van der Waals surface area contributed by atoms with E-state index in [-0.39, 0.29) is 19.7 Å². The summed E-state index contributed by atoms with van der Waals surface area (Å²) in [7, 11) is 0. The molecule has 0 bridgehead atoms. The zero-order valence-corrected chi connectivity index (χ0v) is 15.8. The topological polar surface area (TPSA) is 114 Å². The fourth-order valence-corrected chi connectivity index (χ4v) is 2.31. The van der Waals surface area contributed by atoms with E-state index in [2.05, 4.69) is 10.6 Å². The molecule has 0 fully saturated rings. The first kappa shape index (κ1) is 21.4. The second-order valence-corrected chi connectivity index (χ2v) is 6.90. The molecule has 0 aromatic heterocycles. The Balaban J connectivity index is 2.55. The first-order valence-electron chi connectivity index (χ1n) is 8.16. The fraction of sp³-hybridized carbons (Fsp3) is 0.500. The van der Waals surface area contributed by atoms with Gasteiger partial charge in [-0.1, -0.05) is 17.7 Å². The van der Waals surface area contributed by atoms with Crippen molar-refractivity contribution in [2.24, 2.45) is 0 Å². The Hall–Kier alpha value is -2.61. The molecule has 0 aliphatic heterocycles. The van der Waals surface area contributed by atoms with Crippen LogP contribution in [0.15, 0.2) is 12.1 Å². The highest BCUT2D eigenvalue weighted by atomic mass is 16.6. The van der Waals surface area contributed by atoms with Gasteiger partial charge in [-0.25, -0.2) is 4.79 Å². The Kier molecular flexibility index (Phi) is 7.57. The van der Waals surface area contributed by atoms with Crippen molar-refractivity contribution in [1.82, 2.24) is 5.32 Å². The Morgan fingerprint density at radius 2 is 1.69 bits per heavy atom. The molecule has 1 aromatic carbocycles. The van der Waals surface area contributed by atoms with Gasteiger partial charge in [-0.05, 0) is 40.2 Å². The quantitative estimate of drug-likeness (QED) is 0.635. The largest absolute Gasteiger partial charge is 0.465 e. The van der Waals surface area contributed by atoms with Gasteiger partial charge in [0.1, 0.15) is 12.2 Å². The van der Waals surface area contributed by atoms with Gasteiger partial charge in [-0.15, -0.1) is 0 Å². The van der Waals surface area contributed by atoms with Crippen LogP contribution >= 0.6 is 0 Å². The number of amides is 1. The summed E-state index contributed by atoms with van der Waals surface area (Å²) in [5, 5.41) is 13.9. The second kappa shape index (κ2) is 9.19. The molecule has 0 aliphatic carbocycles. The minimum Gasteiger partial charge on any atom is -0.465 e. The summed E-state index contributed by atoms with van der Waals surface area (Å²) in [6.07, 6.45) is -1.19. The number of esters is 2. The van der Waals surface area contributed by atoms with Crippen molar-refractivity contribution in [1.29, 1.82) is 0 Å². The van der Waals surface area contributed by atoms with Crippen LogP contribution in [0.5, 0.6) is 0 Å². The number of hydrogen-bond donors (Lipinski definition) is 3. The van der Waals surface area contributed by atoms with Crippen LogP contribution in [-0.2, 0) is 25.7 Å². The van der Waals surface area contributed by atoms with Crippen LogP contribution in [0.25, 0.3) is 0 Å². The first-order chi connectivity index (χ1) is 12.0. The van der Waals surface area contributed by atoms with Gasteiger partial charge in [-0.3, -0.25) is 20.2 Å². The van der Waals surface area contributed by atoms with E-state index >= 15 is 0 Å². The summed E-state index contributed by atoms with van der Waals surface area (Å²) in [5.74, 6) is -1.03. The van der Waals surface area contributed by atoms with E-state index in [1.807, 2.05) is 13.0 Å². The molecule has 8 nitrogen and oxygen atoms in total. The Morgan fingerprint density at radius 1 is 1.08 bits per heavy atom. The van der Waals surface area contributed by atoms with Crippen molar-refractivity contribution < 1.29 is 29.0 Å². The third kappa shape index (κ3) is 7.98. The van der Waals surface area contributed by atoms with Crippen LogP contribution in [0, 0.1) is 13.8 Å². The van der Waals surface area contributed by atoms with Crippen molar-refractivity contribution in [3.8, 4) is 0 Å². The molecular formula is C18H26N2O6. The summed E-state index contributed by atoms with van der Waals surface area (Å²) in [5.41, 5.74) is 2.03. The van der Waals surface area contributed by atoms with E-state index in [0.717, 1.165) is 11.1 Å². The molecule has 1 aromatic rings. The lowest BCUT2D eigenvalue weighted by atomic mass is 10.0. The molecule has 1 rings (SSSR count). The minimum atomic E-state index is -1.19. The number of anilines is 1. The van der Waals surface area contributed by atoms with E-state index in [1.54, 1.807) is 33.8 Å². The zero-order chi connectivity index (χ0) is 19.9. The van der Waals surface area contributed by atoms with E-state index in [4.69, 9.17) is 14.6 Å². The van der Waals surface area contributed by atoms with Crippen molar-refractivity contribution in [3.63, 3.8) is 0 Å². The standard InChI is InChI=1S/C18H26N2O6/c1-11-6-12(2)16(20-17(23)24)13(7-11)10-25-14(21)8-19-9-15(22)26-18(3,4)5/h6-7,19-20H,8-10H2,1-5H3,(H,23,24). The van der Waals surface area contributed by atoms with Crippen LogP contribution in [0.3, 0.4) is 0 Å². The van der Waals surface area contributed by atoms with E-state index < -0.39 is 23.6 Å². The average Bonchev–Trinajstić information content (AvgIpc) is 2.46. The van der Waals surface area contributed by atoms with Gasteiger partial charge in [0.05, 0.1) is 18.8 Å². The molecule has 0 aliphatic rings. The molecule has 0 atom stereocenters. The lowest BCUT2D eigenvalue weighted by Gasteiger charge is -2.19. The molecule has 0 heterocycles. The van der Waals surface area contributed by atoms with E-state index in [0.29, 0.717) is 11.3 Å². The summed E-state index contributed by atoms with van der Waals surface area (Å²) in [6, 6.07) is 3.58. The number of carboxylic acid groups (broad SMARTS) is 1. The number of carbonyl (C=O) groups is 3. The molecule has 0 spiro atoms. The highest BCUT2D eigenvalue weighted by Gasteiger charge is 2.16. The lowest BCUT2D eigenvalue weighted by molar-refractivity contribution is -0.153. The molecule has 0 saturated heterocycles. The Bertz CT molecular complexity index is 679. The zero-order valence-electron chi connectivity index (χ0n) is 15.8. The van der Waals surface area contributed by atoms with Gasteiger partial charge < -0.3 is 14.6 Å². The maximum Gasteiger partial charge on any atom is 0.409 e. The van der Waals surface area contributed by atoms with Gasteiger partial charge in [0.2, 0.25) is 0 Å². The maximum atomic E-state index is 11.8. The number of aryl methyl sites for hydroxylation is 2. The SMILES string of the molecule is Cc1cc(C)c(NC(=O)O)c(COC(=O)CNCC(=O)OC(C)(C)C)c1. The van der Waals surface area contributed by atoms with E-state index in [9.17, 15) is 14.4 Å². The predicted octanol–water partition coefficient (Wildman–Crippen LogP) is 2.37. The molecule has 3 N–H and O–H groups in total. The van der Waals surface area contributed by atoms with Gasteiger partial charge in [-0.2, -0.15) is 0 Å². The fourth-order valence-electron chi connectivity index (χ4n) is 2.31. The van der Waals surface area contributed by atoms with Crippen LogP contribution in [0.2, 0.25) is 0 Å². The highest BCUT2D eigenvalue weighted by molar-refractivity contribution is 5.85. The van der Waals surface area contributed by atoms with Gasteiger partial charge in [0, 0.05) is 5.56 Å². The van der Waals surface area contributed by atoms with Crippen LogP contribution in [-0.4, -0.2) is 41.8 Å². The van der Waals surface area contributed by atoms with Crippen molar-refractivity contribution in [3.05, 3.63) is 28.8 Å². The number of hydrogen-bond acceptors (Lipinski definition) is 6. The maximum absolute atomic E-state index is 11.8. The second-order valence-electron chi connectivity index (χ2n) is 6.90. The lowest BCUT2D eigenvalue weighted by Crippen LogP contribution is -2.34. The third-order valence-electron chi connectivity index (χ3n) is 3.14. The van der Waals surface area contributed by atoms with Gasteiger partial charge in [0.15, 0.2) is 0 Å². The monoisotopic (exact) mass is 366 g/mol. The van der Waals surface area contributed by atoms with Crippen molar-refractivity contribution in [2.45, 2.75) is 46.8 Å². The molecule has 144 valence electrons. The van der Waals surface area contributed by atoms with Crippen LogP contribution < -0.4 is 10.6 Å². The Morgan fingerprint density at radius 3 is 2.27 bits per heavy atom. The molecule has 0 radical (unpaired) electrons. The molecule has 1 amide bonds.